The van der Waals surface area contributed by atoms with Gasteiger partial charge in [0, 0.05) is 30.2 Å². The smallest absolute Gasteiger partial charge is 0.385 e. The predicted molar refractivity (Wildman–Crippen MR) is 79.5 cm³/mol. The van der Waals surface area contributed by atoms with Gasteiger partial charge in [-0.25, -0.2) is 4.98 Å². The van der Waals surface area contributed by atoms with Gasteiger partial charge in [-0.3, -0.25) is 0 Å². The fourth-order valence-electron chi connectivity index (χ4n) is 2.24. The number of nitrogens with zero attached hydrogens (tertiary/aromatic N) is 2. The van der Waals surface area contributed by atoms with E-state index in [4.69, 9.17) is 5.26 Å². The summed E-state index contributed by atoms with van der Waals surface area (Å²) in [5, 5.41) is 13.9. The van der Waals surface area contributed by atoms with Crippen LogP contribution < -0.4 is 5.32 Å². The molecule has 0 saturated carbocycles. The summed E-state index contributed by atoms with van der Waals surface area (Å²) in [6, 6.07) is 9.45. The largest absolute Gasteiger partial charge is 0.389 e. The molecule has 0 aliphatic carbocycles. The van der Waals surface area contributed by atoms with Crippen molar-refractivity contribution in [2.45, 2.75) is 31.9 Å². The third-order valence-electron chi connectivity index (χ3n) is 3.34. The van der Waals surface area contributed by atoms with Crippen LogP contribution in [0.4, 0.5) is 18.9 Å². The van der Waals surface area contributed by atoms with E-state index >= 15 is 0 Å². The lowest BCUT2D eigenvalue weighted by Crippen LogP contribution is -2.07. The van der Waals surface area contributed by atoms with Crippen molar-refractivity contribution < 1.29 is 13.2 Å². The monoisotopic (exact) mass is 307 g/mol. The predicted octanol–water partition coefficient (Wildman–Crippen LogP) is 4.64. The molecule has 6 heteroatoms. The number of unbranched alkanes of at least 4 members (excludes halogenated alkanes) is 2. The van der Waals surface area contributed by atoms with Crippen LogP contribution in [-0.4, -0.2) is 17.7 Å². The molecular formula is C16H16F3N3. The number of hydrogen-bond acceptors (Lipinski definition) is 3. The Morgan fingerprint density at radius 1 is 1.14 bits per heavy atom. The third kappa shape index (κ3) is 4.62. The lowest BCUT2D eigenvalue weighted by atomic mass is 10.1. The van der Waals surface area contributed by atoms with Gasteiger partial charge in [0.15, 0.2) is 0 Å². The standard InChI is InChI=1S/C16H16F3N3/c17-16(18,19)7-2-1-3-8-21-13-4-5-14-12(10-13)6-9-22-15(14)11-20/h4-6,9-10,21H,1-3,7-8H2. The molecule has 0 aliphatic heterocycles. The van der Waals surface area contributed by atoms with Gasteiger partial charge in [-0.05, 0) is 42.5 Å². The first-order chi connectivity index (χ1) is 10.5. The lowest BCUT2D eigenvalue weighted by molar-refractivity contribution is -0.135. The van der Waals surface area contributed by atoms with Crippen LogP contribution in [0.3, 0.4) is 0 Å². The first kappa shape index (κ1) is 16.1. The molecule has 1 aromatic heterocycles. The number of pyridine rings is 1. The van der Waals surface area contributed by atoms with E-state index in [1.807, 2.05) is 30.3 Å². The molecular weight excluding hydrogens is 291 g/mol. The summed E-state index contributed by atoms with van der Waals surface area (Å²) < 4.78 is 36.0. The molecule has 1 aromatic carbocycles. The van der Waals surface area contributed by atoms with Crippen LogP contribution in [0.15, 0.2) is 30.5 Å². The Morgan fingerprint density at radius 2 is 1.95 bits per heavy atom. The second-order valence-electron chi connectivity index (χ2n) is 5.06. The van der Waals surface area contributed by atoms with Crippen LogP contribution >= 0.6 is 0 Å². The number of hydrogen-bond donors (Lipinski definition) is 1. The SMILES string of the molecule is N#Cc1nccc2cc(NCCCCCC(F)(F)F)ccc12. The minimum absolute atomic E-state index is 0.167. The minimum atomic E-state index is -4.06. The molecule has 2 rings (SSSR count). The molecule has 0 fully saturated rings. The molecule has 0 saturated heterocycles. The van der Waals surface area contributed by atoms with E-state index in [9.17, 15) is 13.2 Å². The zero-order chi connectivity index (χ0) is 16.0. The maximum atomic E-state index is 12.0. The van der Waals surface area contributed by atoms with E-state index in [2.05, 4.69) is 10.3 Å². The highest BCUT2D eigenvalue weighted by Gasteiger charge is 2.25. The summed E-state index contributed by atoms with van der Waals surface area (Å²) in [5.74, 6) is 0. The average molecular weight is 307 g/mol. The maximum Gasteiger partial charge on any atom is 0.389 e. The van der Waals surface area contributed by atoms with E-state index < -0.39 is 12.6 Å². The Hall–Kier alpha value is -2.29. The Labute approximate surface area is 126 Å². The molecule has 1 heterocycles. The summed E-state index contributed by atoms with van der Waals surface area (Å²) in [5.41, 5.74) is 1.27. The van der Waals surface area contributed by atoms with E-state index in [1.54, 1.807) is 6.20 Å². The highest BCUT2D eigenvalue weighted by molar-refractivity contribution is 5.88. The van der Waals surface area contributed by atoms with Crippen molar-refractivity contribution >= 4 is 16.5 Å². The lowest BCUT2D eigenvalue weighted by Gasteiger charge is -2.09. The summed E-state index contributed by atoms with van der Waals surface area (Å²) in [6.07, 6.45) is -1.79. The first-order valence-corrected chi connectivity index (χ1v) is 7.09. The maximum absolute atomic E-state index is 12.0. The molecule has 0 aliphatic rings. The van der Waals surface area contributed by atoms with Gasteiger partial charge in [0.2, 0.25) is 0 Å². The van der Waals surface area contributed by atoms with Crippen molar-refractivity contribution in [3.05, 3.63) is 36.2 Å². The molecule has 3 nitrogen and oxygen atoms in total. The molecule has 116 valence electrons. The van der Waals surface area contributed by atoms with Gasteiger partial charge >= 0.3 is 6.18 Å². The van der Waals surface area contributed by atoms with E-state index in [0.29, 0.717) is 25.1 Å². The van der Waals surface area contributed by atoms with Crippen molar-refractivity contribution in [3.8, 4) is 6.07 Å². The summed E-state index contributed by atoms with van der Waals surface area (Å²) in [6.45, 7) is 0.625. The van der Waals surface area contributed by atoms with Crippen molar-refractivity contribution in [1.82, 2.24) is 4.98 Å². The summed E-state index contributed by atoms with van der Waals surface area (Å²) >= 11 is 0. The average Bonchev–Trinajstić information content (AvgIpc) is 2.48. The van der Waals surface area contributed by atoms with E-state index in [1.165, 1.54) is 0 Å². The highest BCUT2D eigenvalue weighted by atomic mass is 19.4. The van der Waals surface area contributed by atoms with Crippen molar-refractivity contribution in [2.75, 3.05) is 11.9 Å². The highest BCUT2D eigenvalue weighted by Crippen LogP contribution is 2.23. The number of benzene rings is 1. The van der Waals surface area contributed by atoms with Crippen molar-refractivity contribution in [3.63, 3.8) is 0 Å². The Kier molecular flexibility index (Phi) is 5.21. The fourth-order valence-corrected chi connectivity index (χ4v) is 2.24. The molecule has 2 aromatic rings. The Balaban J connectivity index is 1.84. The molecule has 0 bridgehead atoms. The number of rotatable bonds is 6. The first-order valence-electron chi connectivity index (χ1n) is 7.09. The van der Waals surface area contributed by atoms with Gasteiger partial charge in [0.05, 0.1) is 0 Å². The summed E-state index contributed by atoms with van der Waals surface area (Å²) in [7, 11) is 0. The van der Waals surface area contributed by atoms with Crippen LogP contribution in [-0.2, 0) is 0 Å². The number of anilines is 1. The number of nitriles is 1. The number of aromatic nitrogens is 1. The van der Waals surface area contributed by atoms with Gasteiger partial charge in [-0.15, -0.1) is 0 Å². The fraction of sp³-hybridized carbons (Fsp3) is 0.375. The van der Waals surface area contributed by atoms with Crippen LogP contribution in [0.25, 0.3) is 10.8 Å². The number of halogens is 3. The van der Waals surface area contributed by atoms with Gasteiger partial charge in [-0.1, -0.05) is 6.42 Å². The zero-order valence-electron chi connectivity index (χ0n) is 12.0. The third-order valence-corrected chi connectivity index (χ3v) is 3.34. The van der Waals surface area contributed by atoms with Gasteiger partial charge in [-0.2, -0.15) is 18.4 Å². The van der Waals surface area contributed by atoms with Crippen LogP contribution in [0, 0.1) is 11.3 Å². The van der Waals surface area contributed by atoms with Crippen molar-refractivity contribution in [1.29, 1.82) is 5.26 Å². The minimum Gasteiger partial charge on any atom is -0.385 e. The van der Waals surface area contributed by atoms with Crippen LogP contribution in [0.2, 0.25) is 0 Å². The molecule has 0 radical (unpaired) electrons. The number of fused-ring (bicyclic) bond motifs is 1. The zero-order valence-corrected chi connectivity index (χ0v) is 12.0. The van der Waals surface area contributed by atoms with Crippen LogP contribution in [0.5, 0.6) is 0 Å². The van der Waals surface area contributed by atoms with Gasteiger partial charge in [0.1, 0.15) is 11.8 Å². The quantitative estimate of drug-likeness (QED) is 0.791. The number of nitrogens with one attached hydrogen (secondary N) is 1. The van der Waals surface area contributed by atoms with Crippen molar-refractivity contribution in [2.24, 2.45) is 0 Å². The molecule has 0 unspecified atom stereocenters. The van der Waals surface area contributed by atoms with Gasteiger partial charge in [0.25, 0.3) is 0 Å². The topological polar surface area (TPSA) is 48.7 Å². The Bertz CT molecular complexity index is 674. The van der Waals surface area contributed by atoms with E-state index in [-0.39, 0.29) is 6.42 Å². The molecule has 22 heavy (non-hydrogen) atoms. The Morgan fingerprint density at radius 3 is 2.68 bits per heavy atom. The normalized spacial score (nSPS) is 11.4. The molecule has 0 spiro atoms. The number of alkyl halides is 3. The molecule has 0 amide bonds. The second-order valence-corrected chi connectivity index (χ2v) is 5.06. The van der Waals surface area contributed by atoms with E-state index in [0.717, 1.165) is 16.5 Å². The van der Waals surface area contributed by atoms with Gasteiger partial charge < -0.3 is 5.32 Å². The molecule has 1 N–H and O–H groups in total. The molecule has 0 atom stereocenters. The second kappa shape index (κ2) is 7.12. The van der Waals surface area contributed by atoms with Crippen LogP contribution in [0.1, 0.15) is 31.4 Å². The summed E-state index contributed by atoms with van der Waals surface area (Å²) in [4.78, 5) is 4.00.